The van der Waals surface area contributed by atoms with Crippen molar-refractivity contribution in [3.8, 4) is 0 Å². The van der Waals surface area contributed by atoms with Crippen LogP contribution in [0.1, 0.15) is 48.5 Å². The van der Waals surface area contributed by atoms with Crippen LogP contribution in [0.15, 0.2) is 48.5 Å². The largest absolute Gasteiger partial charge is 0.389 e. The highest BCUT2D eigenvalue weighted by Gasteiger charge is 2.30. The van der Waals surface area contributed by atoms with Crippen molar-refractivity contribution in [3.05, 3.63) is 71.0 Å². The molecule has 0 aromatic heterocycles. The van der Waals surface area contributed by atoms with Crippen LogP contribution in [0.3, 0.4) is 0 Å². The molecule has 0 spiro atoms. The summed E-state index contributed by atoms with van der Waals surface area (Å²) in [4.78, 5) is 2.30. The molecule has 4 rings (SSSR count). The summed E-state index contributed by atoms with van der Waals surface area (Å²) in [6.45, 7) is 1.69. The van der Waals surface area contributed by atoms with Crippen molar-refractivity contribution in [2.45, 2.75) is 56.9 Å². The molecule has 1 saturated carbocycles. The lowest BCUT2D eigenvalue weighted by atomic mass is 9.89. The molecule has 1 fully saturated rings. The summed E-state index contributed by atoms with van der Waals surface area (Å²) in [5, 5.41) is 10.6. The van der Waals surface area contributed by atoms with Crippen LogP contribution < -0.4 is 0 Å². The molecular formula is C23H28FNO2. The van der Waals surface area contributed by atoms with Gasteiger partial charge in [-0.05, 0) is 60.9 Å². The van der Waals surface area contributed by atoms with E-state index in [-0.39, 0.29) is 11.9 Å². The van der Waals surface area contributed by atoms with Crippen LogP contribution in [0, 0.1) is 5.82 Å². The summed E-state index contributed by atoms with van der Waals surface area (Å²) in [7, 11) is 0. The maximum atomic E-state index is 13.1. The van der Waals surface area contributed by atoms with Gasteiger partial charge in [-0.1, -0.05) is 36.4 Å². The molecule has 2 aromatic rings. The fourth-order valence-corrected chi connectivity index (χ4v) is 4.04. The maximum Gasteiger partial charge on any atom is 0.123 e. The number of benzene rings is 2. The van der Waals surface area contributed by atoms with E-state index in [2.05, 4.69) is 29.2 Å². The third-order valence-corrected chi connectivity index (χ3v) is 5.61. The quantitative estimate of drug-likeness (QED) is 0.755. The molecule has 2 atom stereocenters. The summed E-state index contributed by atoms with van der Waals surface area (Å²) in [5.74, 6) is -0.210. The van der Waals surface area contributed by atoms with Gasteiger partial charge in [0, 0.05) is 19.1 Å². The number of hydrogen-bond donors (Lipinski definition) is 1. The van der Waals surface area contributed by atoms with Crippen molar-refractivity contribution in [3.63, 3.8) is 0 Å². The summed E-state index contributed by atoms with van der Waals surface area (Å²) in [5.41, 5.74) is 3.73. The molecule has 3 nitrogen and oxygen atoms in total. The molecule has 2 aliphatic carbocycles. The van der Waals surface area contributed by atoms with Gasteiger partial charge in [-0.2, -0.15) is 0 Å². The fourth-order valence-electron chi connectivity index (χ4n) is 4.04. The van der Waals surface area contributed by atoms with Crippen molar-refractivity contribution < 1.29 is 14.2 Å². The minimum absolute atomic E-state index is 0.0936. The molecule has 0 amide bonds. The van der Waals surface area contributed by atoms with E-state index in [4.69, 9.17) is 4.74 Å². The minimum atomic E-state index is -0.514. The Labute approximate surface area is 160 Å². The zero-order valence-electron chi connectivity index (χ0n) is 15.7. The predicted octanol–water partition coefficient (Wildman–Crippen LogP) is 4.25. The number of nitrogens with zero attached hydrogens (tertiary/aromatic N) is 1. The van der Waals surface area contributed by atoms with Crippen molar-refractivity contribution in [1.29, 1.82) is 0 Å². The Morgan fingerprint density at radius 2 is 1.85 bits per heavy atom. The number of aliphatic hydroxyl groups is 1. The molecule has 144 valence electrons. The standard InChI is InChI=1S/C23H28FNO2/c24-19-10-8-17(9-11-19)14-25(20-12-13-20)15-21(26)16-27-23-7-3-5-18-4-1-2-6-22(18)23/h1-2,4,6,8-11,20-21,23,26H,3,5,7,12-16H2/t21-,23+/m1/s1. The van der Waals surface area contributed by atoms with E-state index < -0.39 is 6.10 Å². The first kappa shape index (κ1) is 18.6. The summed E-state index contributed by atoms with van der Waals surface area (Å²) < 4.78 is 19.2. The molecule has 27 heavy (non-hydrogen) atoms. The van der Waals surface area contributed by atoms with Crippen LogP contribution >= 0.6 is 0 Å². The van der Waals surface area contributed by atoms with Crippen LogP contribution in [0.2, 0.25) is 0 Å². The monoisotopic (exact) mass is 369 g/mol. The molecule has 2 aliphatic rings. The number of halogens is 1. The molecule has 0 radical (unpaired) electrons. The first-order valence-electron chi connectivity index (χ1n) is 10.0. The number of fused-ring (bicyclic) bond motifs is 1. The lowest BCUT2D eigenvalue weighted by Gasteiger charge is -2.29. The Balaban J connectivity index is 1.31. The van der Waals surface area contributed by atoms with Crippen LogP contribution in [-0.4, -0.2) is 35.3 Å². The van der Waals surface area contributed by atoms with Gasteiger partial charge in [0.25, 0.3) is 0 Å². The van der Waals surface area contributed by atoms with E-state index in [1.165, 1.54) is 36.1 Å². The first-order valence-corrected chi connectivity index (χ1v) is 10.0. The van der Waals surface area contributed by atoms with Crippen molar-refractivity contribution >= 4 is 0 Å². The zero-order valence-corrected chi connectivity index (χ0v) is 15.7. The number of rotatable bonds is 8. The fraction of sp³-hybridized carbons (Fsp3) is 0.478. The minimum Gasteiger partial charge on any atom is -0.389 e. The van der Waals surface area contributed by atoms with Crippen LogP contribution in [0.5, 0.6) is 0 Å². The van der Waals surface area contributed by atoms with Crippen LogP contribution in [0.25, 0.3) is 0 Å². The second-order valence-electron chi connectivity index (χ2n) is 7.85. The highest BCUT2D eigenvalue weighted by Crippen LogP contribution is 2.33. The van der Waals surface area contributed by atoms with Crippen LogP contribution in [0.4, 0.5) is 4.39 Å². The lowest BCUT2D eigenvalue weighted by molar-refractivity contribution is -0.0298. The van der Waals surface area contributed by atoms with Crippen molar-refractivity contribution in [1.82, 2.24) is 4.90 Å². The van der Waals surface area contributed by atoms with E-state index in [9.17, 15) is 9.50 Å². The number of ether oxygens (including phenoxy) is 1. The maximum absolute atomic E-state index is 13.1. The normalized spacial score (nSPS) is 20.5. The first-order chi connectivity index (χ1) is 13.2. The molecule has 0 unspecified atom stereocenters. The average Bonchev–Trinajstić information content (AvgIpc) is 3.53. The second kappa shape index (κ2) is 8.51. The van der Waals surface area contributed by atoms with Crippen molar-refractivity contribution in [2.75, 3.05) is 13.2 Å². The molecule has 0 heterocycles. The Kier molecular flexibility index (Phi) is 5.86. The van der Waals surface area contributed by atoms with Gasteiger partial charge < -0.3 is 9.84 Å². The smallest absolute Gasteiger partial charge is 0.123 e. The highest BCUT2D eigenvalue weighted by molar-refractivity contribution is 5.31. The molecule has 0 bridgehead atoms. The topological polar surface area (TPSA) is 32.7 Å². The van der Waals surface area contributed by atoms with Crippen LogP contribution in [-0.2, 0) is 17.7 Å². The highest BCUT2D eigenvalue weighted by atomic mass is 19.1. The second-order valence-corrected chi connectivity index (χ2v) is 7.85. The van der Waals surface area contributed by atoms with Gasteiger partial charge in [-0.3, -0.25) is 4.90 Å². The molecule has 0 saturated heterocycles. The Morgan fingerprint density at radius 3 is 2.63 bits per heavy atom. The van der Waals surface area contributed by atoms with Gasteiger partial charge in [-0.25, -0.2) is 4.39 Å². The van der Waals surface area contributed by atoms with E-state index in [1.807, 2.05) is 12.1 Å². The molecule has 1 N–H and O–H groups in total. The zero-order chi connectivity index (χ0) is 18.6. The van der Waals surface area contributed by atoms with Gasteiger partial charge in [0.1, 0.15) is 5.82 Å². The Hall–Kier alpha value is -1.75. The van der Waals surface area contributed by atoms with Crippen molar-refractivity contribution in [2.24, 2.45) is 0 Å². The van der Waals surface area contributed by atoms with Gasteiger partial charge >= 0.3 is 0 Å². The SMILES string of the molecule is O[C@@H](CO[C@H]1CCCc2ccccc21)CN(Cc1ccc(F)cc1)C1CC1. The van der Waals surface area contributed by atoms with Gasteiger partial charge in [0.15, 0.2) is 0 Å². The van der Waals surface area contributed by atoms with E-state index in [1.54, 1.807) is 0 Å². The summed E-state index contributed by atoms with van der Waals surface area (Å²) >= 11 is 0. The lowest BCUT2D eigenvalue weighted by Crippen LogP contribution is -2.36. The Bertz CT molecular complexity index is 744. The summed E-state index contributed by atoms with van der Waals surface area (Å²) in [6, 6.07) is 15.7. The average molecular weight is 369 g/mol. The third kappa shape index (κ3) is 4.95. The molecule has 2 aromatic carbocycles. The number of aliphatic hydroxyl groups excluding tert-OH is 1. The summed E-state index contributed by atoms with van der Waals surface area (Å²) in [6.07, 6.45) is 5.19. The predicted molar refractivity (Wildman–Crippen MR) is 104 cm³/mol. The third-order valence-electron chi connectivity index (χ3n) is 5.61. The number of aryl methyl sites for hydroxylation is 1. The van der Waals surface area contributed by atoms with E-state index in [0.717, 1.165) is 31.4 Å². The van der Waals surface area contributed by atoms with Gasteiger partial charge in [0.05, 0.1) is 18.8 Å². The van der Waals surface area contributed by atoms with Gasteiger partial charge in [-0.15, -0.1) is 0 Å². The van der Waals surface area contributed by atoms with E-state index >= 15 is 0 Å². The molecule has 4 heteroatoms. The van der Waals surface area contributed by atoms with Gasteiger partial charge in [0.2, 0.25) is 0 Å². The molecular weight excluding hydrogens is 341 g/mol. The number of hydrogen-bond acceptors (Lipinski definition) is 3. The van der Waals surface area contributed by atoms with E-state index in [0.29, 0.717) is 19.2 Å². The molecule has 0 aliphatic heterocycles. The Morgan fingerprint density at radius 1 is 1.07 bits per heavy atom.